The highest BCUT2D eigenvalue weighted by Crippen LogP contribution is 2.50. The maximum absolute atomic E-state index is 12.9. The third-order valence-electron chi connectivity index (χ3n) is 2.56. The van der Waals surface area contributed by atoms with Crippen LogP contribution in [0.2, 0.25) is 0 Å². The molecule has 0 saturated heterocycles. The van der Waals surface area contributed by atoms with Crippen LogP contribution in [0.1, 0.15) is 18.5 Å². The summed E-state index contributed by atoms with van der Waals surface area (Å²) in [6, 6.07) is 0. The molecule has 0 aliphatic heterocycles. The number of nitrogens with zero attached hydrogens (tertiary/aromatic N) is 3. The van der Waals surface area contributed by atoms with E-state index >= 15 is 0 Å². The van der Waals surface area contributed by atoms with Crippen molar-refractivity contribution in [1.29, 1.82) is 0 Å². The molecule has 0 aromatic carbocycles. The molecule has 0 atom stereocenters. The lowest BCUT2D eigenvalue weighted by atomic mass is 9.71. The van der Waals surface area contributed by atoms with Gasteiger partial charge in [-0.15, -0.1) is 5.10 Å². The smallest absolute Gasteiger partial charge is 0.405 e. The number of halogens is 2. The summed E-state index contributed by atoms with van der Waals surface area (Å²) in [7, 11) is 1.59. The molecule has 6 nitrogen and oxygen atoms in total. The van der Waals surface area contributed by atoms with Crippen molar-refractivity contribution in [2.24, 2.45) is 7.05 Å². The van der Waals surface area contributed by atoms with Crippen LogP contribution < -0.4 is 5.32 Å². The molecule has 1 aromatic rings. The monoisotopic (exact) mass is 232 g/mol. The topological polar surface area (TPSA) is 80.0 Å². The van der Waals surface area contributed by atoms with Gasteiger partial charge in [0.15, 0.2) is 0 Å². The summed E-state index contributed by atoms with van der Waals surface area (Å²) in [4.78, 5) is 10.6. The van der Waals surface area contributed by atoms with E-state index in [0.29, 0.717) is 0 Å². The van der Waals surface area contributed by atoms with Crippen molar-refractivity contribution in [3.05, 3.63) is 11.9 Å². The SMILES string of the molecule is Cn1cc(C2(NC(=O)O)CC(F)(F)C2)nn1. The molecule has 1 saturated carbocycles. The minimum atomic E-state index is -2.85. The number of hydrogen-bond donors (Lipinski definition) is 2. The summed E-state index contributed by atoms with van der Waals surface area (Å²) in [5.74, 6) is -2.85. The van der Waals surface area contributed by atoms with Crippen LogP contribution in [0.5, 0.6) is 0 Å². The van der Waals surface area contributed by atoms with Crippen molar-refractivity contribution in [3.63, 3.8) is 0 Å². The Morgan fingerprint density at radius 2 is 2.25 bits per heavy atom. The Labute approximate surface area is 89.2 Å². The van der Waals surface area contributed by atoms with Gasteiger partial charge >= 0.3 is 6.09 Å². The second-order valence-electron chi connectivity index (χ2n) is 4.00. The number of rotatable bonds is 2. The van der Waals surface area contributed by atoms with Crippen LogP contribution in [0, 0.1) is 0 Å². The lowest BCUT2D eigenvalue weighted by molar-refractivity contribution is -0.136. The van der Waals surface area contributed by atoms with Crippen molar-refractivity contribution >= 4 is 6.09 Å². The Balaban J connectivity index is 2.27. The van der Waals surface area contributed by atoms with Gasteiger partial charge < -0.3 is 10.4 Å². The predicted octanol–water partition coefficient (Wildman–Crippen LogP) is 0.707. The Kier molecular flexibility index (Phi) is 2.11. The molecule has 1 heterocycles. The molecular formula is C8H10F2N4O2. The predicted molar refractivity (Wildman–Crippen MR) is 48.0 cm³/mol. The molecule has 0 bridgehead atoms. The van der Waals surface area contributed by atoms with E-state index in [0.717, 1.165) is 0 Å². The Bertz CT molecular complexity index is 423. The number of amides is 1. The van der Waals surface area contributed by atoms with Gasteiger partial charge in [0.25, 0.3) is 5.92 Å². The quantitative estimate of drug-likeness (QED) is 0.786. The van der Waals surface area contributed by atoms with Gasteiger partial charge in [0.05, 0.1) is 6.20 Å². The number of hydrogen-bond acceptors (Lipinski definition) is 3. The zero-order chi connectivity index (χ0) is 12.0. The zero-order valence-electron chi connectivity index (χ0n) is 8.44. The molecule has 0 radical (unpaired) electrons. The summed E-state index contributed by atoms with van der Waals surface area (Å²) in [5, 5.41) is 18.0. The third kappa shape index (κ3) is 1.70. The molecule has 1 fully saturated rings. The molecule has 1 aromatic heterocycles. The Hall–Kier alpha value is -1.73. The van der Waals surface area contributed by atoms with Crippen LogP contribution in [0.3, 0.4) is 0 Å². The number of aromatic nitrogens is 3. The van der Waals surface area contributed by atoms with E-state index in [4.69, 9.17) is 5.11 Å². The van der Waals surface area contributed by atoms with Crippen LogP contribution >= 0.6 is 0 Å². The first-order chi connectivity index (χ1) is 7.33. The first kappa shape index (κ1) is 10.8. The van der Waals surface area contributed by atoms with E-state index in [9.17, 15) is 13.6 Å². The fourth-order valence-electron chi connectivity index (χ4n) is 1.94. The fourth-order valence-corrected chi connectivity index (χ4v) is 1.94. The highest BCUT2D eigenvalue weighted by Gasteiger charge is 2.59. The molecule has 0 spiro atoms. The van der Waals surface area contributed by atoms with Crippen molar-refractivity contribution in [2.45, 2.75) is 24.3 Å². The Morgan fingerprint density at radius 3 is 2.62 bits per heavy atom. The fraction of sp³-hybridized carbons (Fsp3) is 0.625. The molecule has 88 valence electrons. The van der Waals surface area contributed by atoms with Crippen LogP contribution in [0.15, 0.2) is 6.20 Å². The number of carbonyl (C=O) groups is 1. The minimum Gasteiger partial charge on any atom is -0.465 e. The molecule has 1 aliphatic rings. The number of nitrogens with one attached hydrogen (secondary N) is 1. The van der Waals surface area contributed by atoms with E-state index in [2.05, 4.69) is 15.6 Å². The molecular weight excluding hydrogens is 222 g/mol. The lowest BCUT2D eigenvalue weighted by Gasteiger charge is -2.45. The standard InChI is InChI=1S/C8H10F2N4O2/c1-14-2-5(12-13-14)7(11-6(15)16)3-8(9,10)4-7/h2,11H,3-4H2,1H3,(H,15,16). The van der Waals surface area contributed by atoms with E-state index < -0.39 is 30.4 Å². The summed E-state index contributed by atoms with van der Waals surface area (Å²) in [5.41, 5.74) is -1.08. The van der Waals surface area contributed by atoms with E-state index in [1.54, 1.807) is 7.05 Å². The molecule has 1 aliphatic carbocycles. The van der Waals surface area contributed by atoms with Gasteiger partial charge in [-0.1, -0.05) is 5.21 Å². The van der Waals surface area contributed by atoms with Crippen LogP contribution in [0.25, 0.3) is 0 Å². The van der Waals surface area contributed by atoms with E-state index in [1.165, 1.54) is 10.9 Å². The van der Waals surface area contributed by atoms with E-state index in [-0.39, 0.29) is 5.69 Å². The molecule has 1 amide bonds. The summed E-state index contributed by atoms with van der Waals surface area (Å²) in [6.07, 6.45) is -1.07. The molecule has 8 heteroatoms. The van der Waals surface area contributed by atoms with Gasteiger partial charge in [-0.2, -0.15) is 0 Å². The van der Waals surface area contributed by atoms with Crippen molar-refractivity contribution in [1.82, 2.24) is 20.3 Å². The van der Waals surface area contributed by atoms with Crippen molar-refractivity contribution < 1.29 is 18.7 Å². The number of alkyl halides is 2. The van der Waals surface area contributed by atoms with Gasteiger partial charge in [-0.25, -0.2) is 13.6 Å². The van der Waals surface area contributed by atoms with Crippen LogP contribution in [0.4, 0.5) is 13.6 Å². The summed E-state index contributed by atoms with van der Waals surface area (Å²) in [6.45, 7) is 0. The maximum Gasteiger partial charge on any atom is 0.405 e. The lowest BCUT2D eigenvalue weighted by Crippen LogP contribution is -2.59. The van der Waals surface area contributed by atoms with Gasteiger partial charge in [-0.3, -0.25) is 4.68 Å². The largest absolute Gasteiger partial charge is 0.465 e. The molecule has 0 unspecified atom stereocenters. The third-order valence-corrected chi connectivity index (χ3v) is 2.56. The first-order valence-electron chi connectivity index (χ1n) is 4.59. The second-order valence-corrected chi connectivity index (χ2v) is 4.00. The second kappa shape index (κ2) is 3.13. The van der Waals surface area contributed by atoms with Gasteiger partial charge in [0, 0.05) is 19.9 Å². The highest BCUT2D eigenvalue weighted by atomic mass is 19.3. The summed E-state index contributed by atoms with van der Waals surface area (Å²) >= 11 is 0. The molecule has 2 N–H and O–H groups in total. The number of carboxylic acid groups (broad SMARTS) is 1. The average molecular weight is 232 g/mol. The maximum atomic E-state index is 12.9. The first-order valence-corrected chi connectivity index (χ1v) is 4.59. The van der Waals surface area contributed by atoms with Crippen LogP contribution in [-0.4, -0.2) is 32.1 Å². The molecule has 16 heavy (non-hydrogen) atoms. The van der Waals surface area contributed by atoms with Gasteiger partial charge in [-0.05, 0) is 0 Å². The molecule has 2 rings (SSSR count). The minimum absolute atomic E-state index is 0.225. The van der Waals surface area contributed by atoms with Crippen molar-refractivity contribution in [2.75, 3.05) is 0 Å². The van der Waals surface area contributed by atoms with Gasteiger partial charge in [0.2, 0.25) is 0 Å². The highest BCUT2D eigenvalue weighted by molar-refractivity contribution is 5.66. The summed E-state index contributed by atoms with van der Waals surface area (Å²) < 4.78 is 27.1. The number of aryl methyl sites for hydroxylation is 1. The van der Waals surface area contributed by atoms with Gasteiger partial charge in [0.1, 0.15) is 11.2 Å². The Morgan fingerprint density at radius 1 is 1.62 bits per heavy atom. The normalized spacial score (nSPS) is 21.2. The van der Waals surface area contributed by atoms with Crippen LogP contribution in [-0.2, 0) is 12.6 Å². The van der Waals surface area contributed by atoms with Crippen molar-refractivity contribution in [3.8, 4) is 0 Å². The average Bonchev–Trinajstić information content (AvgIpc) is 2.46. The zero-order valence-corrected chi connectivity index (χ0v) is 8.44. The van der Waals surface area contributed by atoms with E-state index in [1.807, 2.05) is 0 Å².